The van der Waals surface area contributed by atoms with Crippen LogP contribution in [0.25, 0.3) is 0 Å². The van der Waals surface area contributed by atoms with Gasteiger partial charge in [-0.3, -0.25) is 0 Å². The van der Waals surface area contributed by atoms with E-state index in [1.54, 1.807) is 0 Å². The van der Waals surface area contributed by atoms with Crippen LogP contribution in [0.3, 0.4) is 0 Å². The first-order chi connectivity index (χ1) is 9.93. The van der Waals surface area contributed by atoms with Crippen LogP contribution in [0.4, 0.5) is 0 Å². The summed E-state index contributed by atoms with van der Waals surface area (Å²) in [6, 6.07) is 9.81. The monoisotopic (exact) mass is 289 g/mol. The lowest BCUT2D eigenvalue weighted by atomic mass is 9.83. The second-order valence-electron chi connectivity index (χ2n) is 7.24. The molecule has 0 amide bonds. The minimum absolute atomic E-state index is 0.235. The van der Waals surface area contributed by atoms with Crippen LogP contribution in [0.2, 0.25) is 0 Å². The topological polar surface area (TPSA) is 12.0 Å². The van der Waals surface area contributed by atoms with E-state index < -0.39 is 0 Å². The van der Waals surface area contributed by atoms with Crippen molar-refractivity contribution in [1.29, 1.82) is 0 Å². The summed E-state index contributed by atoms with van der Waals surface area (Å²) >= 11 is 0. The fraction of sp³-hybridized carbons (Fsp3) is 0.700. The lowest BCUT2D eigenvalue weighted by molar-refractivity contribution is 0.320. The molecule has 0 aliphatic rings. The summed E-state index contributed by atoms with van der Waals surface area (Å²) < 4.78 is 0. The second-order valence-corrected chi connectivity index (χ2v) is 7.24. The molecule has 0 aliphatic heterocycles. The highest BCUT2D eigenvalue weighted by Crippen LogP contribution is 2.31. The van der Waals surface area contributed by atoms with E-state index in [2.05, 4.69) is 71.1 Å². The highest BCUT2D eigenvalue weighted by Gasteiger charge is 2.22. The van der Waals surface area contributed by atoms with Crippen LogP contribution in [0.1, 0.15) is 84.4 Å². The van der Waals surface area contributed by atoms with Crippen LogP contribution in [0.15, 0.2) is 24.3 Å². The average Bonchev–Trinajstić information content (AvgIpc) is 2.44. The molecule has 0 aliphatic carbocycles. The molecule has 0 heterocycles. The highest BCUT2D eigenvalue weighted by molar-refractivity contribution is 5.29. The summed E-state index contributed by atoms with van der Waals surface area (Å²) in [5, 5.41) is 3.73. The summed E-state index contributed by atoms with van der Waals surface area (Å²) in [7, 11) is 0. The smallest absolute Gasteiger partial charge is 0.0348 e. The Morgan fingerprint density at radius 2 is 1.43 bits per heavy atom. The zero-order chi connectivity index (χ0) is 15.9. The van der Waals surface area contributed by atoms with Gasteiger partial charge in [-0.25, -0.2) is 0 Å². The van der Waals surface area contributed by atoms with Crippen molar-refractivity contribution < 1.29 is 0 Å². The van der Waals surface area contributed by atoms with Gasteiger partial charge in [0.15, 0.2) is 0 Å². The van der Waals surface area contributed by atoms with E-state index in [4.69, 9.17) is 0 Å². The van der Waals surface area contributed by atoms with Crippen molar-refractivity contribution >= 4 is 0 Å². The molecule has 1 aromatic rings. The van der Waals surface area contributed by atoms with Gasteiger partial charge >= 0.3 is 0 Å². The molecule has 1 atom stereocenters. The molecule has 0 radical (unpaired) electrons. The predicted octanol–water partition coefficient (Wildman–Crippen LogP) is 5.85. The van der Waals surface area contributed by atoms with Crippen LogP contribution in [0.5, 0.6) is 0 Å². The normalized spacial score (nSPS) is 13.7. The predicted molar refractivity (Wildman–Crippen MR) is 94.9 cm³/mol. The van der Waals surface area contributed by atoms with Gasteiger partial charge in [-0.05, 0) is 41.8 Å². The summed E-state index contributed by atoms with van der Waals surface area (Å²) in [5.74, 6) is 0.750. The molecular formula is C20H35N. The van der Waals surface area contributed by atoms with E-state index in [1.165, 1.54) is 36.8 Å². The maximum absolute atomic E-state index is 3.73. The largest absolute Gasteiger partial charge is 0.310 e. The van der Waals surface area contributed by atoms with Crippen LogP contribution in [-0.4, -0.2) is 6.54 Å². The van der Waals surface area contributed by atoms with E-state index in [9.17, 15) is 0 Å². The van der Waals surface area contributed by atoms with E-state index >= 15 is 0 Å². The molecule has 0 spiro atoms. The minimum Gasteiger partial charge on any atom is -0.310 e. The Hall–Kier alpha value is -0.820. The Labute approximate surface area is 132 Å². The Balaban J connectivity index is 2.98. The molecule has 0 aromatic heterocycles. The van der Waals surface area contributed by atoms with Gasteiger partial charge in [-0.15, -0.1) is 0 Å². The summed E-state index contributed by atoms with van der Waals surface area (Å²) in [5.41, 5.74) is 3.11. The van der Waals surface area contributed by atoms with E-state index in [0.29, 0.717) is 6.04 Å². The standard InChI is InChI=1S/C20H35N/c1-7-10-16(11-8-2)19(21-9-3)17-12-14-18(15-13-17)20(4,5)6/h12-16,19,21H,7-11H2,1-6H3. The van der Waals surface area contributed by atoms with Gasteiger partial charge in [0.2, 0.25) is 0 Å². The molecule has 1 unspecified atom stereocenters. The first kappa shape index (κ1) is 18.2. The van der Waals surface area contributed by atoms with E-state index in [0.717, 1.165) is 12.5 Å². The average molecular weight is 290 g/mol. The zero-order valence-corrected chi connectivity index (χ0v) is 15.0. The highest BCUT2D eigenvalue weighted by atomic mass is 14.9. The van der Waals surface area contributed by atoms with Crippen molar-refractivity contribution in [1.82, 2.24) is 5.32 Å². The molecule has 21 heavy (non-hydrogen) atoms. The molecule has 1 nitrogen and oxygen atoms in total. The third kappa shape index (κ3) is 5.47. The van der Waals surface area contributed by atoms with Crippen LogP contribution >= 0.6 is 0 Å². The van der Waals surface area contributed by atoms with Crippen LogP contribution in [-0.2, 0) is 5.41 Å². The Kier molecular flexibility index (Phi) is 7.45. The molecule has 1 rings (SSSR count). The van der Waals surface area contributed by atoms with Gasteiger partial charge < -0.3 is 5.32 Å². The molecule has 0 saturated carbocycles. The van der Waals surface area contributed by atoms with Crippen molar-refractivity contribution in [2.45, 2.75) is 78.7 Å². The number of nitrogens with one attached hydrogen (secondary N) is 1. The Bertz CT molecular complexity index is 379. The fourth-order valence-electron chi connectivity index (χ4n) is 3.19. The summed E-state index contributed by atoms with van der Waals surface area (Å²) in [6.07, 6.45) is 5.17. The zero-order valence-electron chi connectivity index (χ0n) is 15.0. The SMILES string of the molecule is CCCC(CCC)C(NCC)c1ccc(C(C)(C)C)cc1. The van der Waals surface area contributed by atoms with Gasteiger partial charge in [0.1, 0.15) is 0 Å². The maximum Gasteiger partial charge on any atom is 0.0348 e. The van der Waals surface area contributed by atoms with Crippen molar-refractivity contribution in [2.75, 3.05) is 6.54 Å². The number of hydrogen-bond acceptors (Lipinski definition) is 1. The summed E-state index contributed by atoms with van der Waals surface area (Å²) in [4.78, 5) is 0. The Morgan fingerprint density at radius 3 is 1.81 bits per heavy atom. The fourth-order valence-corrected chi connectivity index (χ4v) is 3.19. The third-order valence-electron chi connectivity index (χ3n) is 4.35. The first-order valence-electron chi connectivity index (χ1n) is 8.77. The quantitative estimate of drug-likeness (QED) is 0.633. The van der Waals surface area contributed by atoms with Gasteiger partial charge in [0.25, 0.3) is 0 Å². The molecule has 0 saturated heterocycles. The third-order valence-corrected chi connectivity index (χ3v) is 4.35. The number of hydrogen-bond donors (Lipinski definition) is 1. The lowest BCUT2D eigenvalue weighted by Crippen LogP contribution is -2.28. The molecule has 1 heteroatoms. The molecular weight excluding hydrogens is 254 g/mol. The molecule has 1 N–H and O–H groups in total. The first-order valence-corrected chi connectivity index (χ1v) is 8.77. The van der Waals surface area contributed by atoms with Gasteiger partial charge in [0, 0.05) is 6.04 Å². The minimum atomic E-state index is 0.235. The van der Waals surface area contributed by atoms with Gasteiger partial charge in [-0.2, -0.15) is 0 Å². The number of benzene rings is 1. The molecule has 1 aromatic carbocycles. The number of rotatable bonds is 8. The van der Waals surface area contributed by atoms with Crippen molar-refractivity contribution in [3.05, 3.63) is 35.4 Å². The maximum atomic E-state index is 3.73. The lowest BCUT2D eigenvalue weighted by Gasteiger charge is -2.29. The second kappa shape index (κ2) is 8.58. The Morgan fingerprint density at radius 1 is 0.905 bits per heavy atom. The van der Waals surface area contributed by atoms with E-state index in [-0.39, 0.29) is 5.41 Å². The van der Waals surface area contributed by atoms with Crippen molar-refractivity contribution in [2.24, 2.45) is 5.92 Å². The van der Waals surface area contributed by atoms with Crippen molar-refractivity contribution in [3.8, 4) is 0 Å². The molecule has 0 bridgehead atoms. The van der Waals surface area contributed by atoms with Crippen LogP contribution < -0.4 is 5.32 Å². The van der Waals surface area contributed by atoms with Crippen LogP contribution in [0, 0.1) is 5.92 Å². The molecule has 120 valence electrons. The summed E-state index contributed by atoms with van der Waals surface area (Å²) in [6.45, 7) is 14.7. The molecule has 0 fully saturated rings. The van der Waals surface area contributed by atoms with Crippen molar-refractivity contribution in [3.63, 3.8) is 0 Å². The van der Waals surface area contributed by atoms with E-state index in [1.807, 2.05) is 0 Å². The van der Waals surface area contributed by atoms with Gasteiger partial charge in [0.05, 0.1) is 0 Å². The van der Waals surface area contributed by atoms with Gasteiger partial charge in [-0.1, -0.05) is 78.6 Å².